The third-order valence-electron chi connectivity index (χ3n) is 4.54. The van der Waals surface area contributed by atoms with E-state index in [2.05, 4.69) is 11.2 Å². The van der Waals surface area contributed by atoms with Gasteiger partial charge in [-0.05, 0) is 43.2 Å². The SMILES string of the molecule is COc1cccc(-n2nc(C(=O)N3CCc4ccccc43)cc2C)c1. The molecule has 0 fully saturated rings. The lowest BCUT2D eigenvalue weighted by Crippen LogP contribution is -2.29. The molecule has 0 saturated heterocycles. The van der Waals surface area contributed by atoms with E-state index in [4.69, 9.17) is 4.74 Å². The number of methoxy groups -OCH3 is 1. The summed E-state index contributed by atoms with van der Waals surface area (Å²) in [6, 6.07) is 17.5. The summed E-state index contributed by atoms with van der Waals surface area (Å²) in [4.78, 5) is 14.8. The molecule has 4 rings (SSSR count). The van der Waals surface area contributed by atoms with Gasteiger partial charge < -0.3 is 9.64 Å². The van der Waals surface area contributed by atoms with Gasteiger partial charge in [0.25, 0.3) is 5.91 Å². The van der Waals surface area contributed by atoms with Crippen LogP contribution in [-0.2, 0) is 6.42 Å². The number of hydrogen-bond acceptors (Lipinski definition) is 3. The molecular formula is C20H19N3O2. The van der Waals surface area contributed by atoms with Crippen LogP contribution in [0, 0.1) is 6.92 Å². The zero-order chi connectivity index (χ0) is 17.4. The monoisotopic (exact) mass is 333 g/mol. The van der Waals surface area contributed by atoms with Gasteiger partial charge in [0.15, 0.2) is 5.69 Å². The molecule has 0 saturated carbocycles. The highest BCUT2D eigenvalue weighted by Gasteiger charge is 2.27. The molecule has 0 spiro atoms. The number of carbonyl (C=O) groups is 1. The number of benzene rings is 2. The lowest BCUT2D eigenvalue weighted by molar-refractivity contribution is 0.0984. The highest BCUT2D eigenvalue weighted by atomic mass is 16.5. The number of aromatic nitrogens is 2. The first-order chi connectivity index (χ1) is 12.2. The third kappa shape index (κ3) is 2.67. The van der Waals surface area contributed by atoms with Gasteiger partial charge in [-0.1, -0.05) is 24.3 Å². The lowest BCUT2D eigenvalue weighted by Gasteiger charge is -2.15. The molecule has 1 amide bonds. The van der Waals surface area contributed by atoms with Crippen LogP contribution in [0.15, 0.2) is 54.6 Å². The van der Waals surface area contributed by atoms with Crippen LogP contribution in [0.25, 0.3) is 5.69 Å². The van der Waals surface area contributed by atoms with E-state index in [0.29, 0.717) is 12.2 Å². The molecule has 126 valence electrons. The average molecular weight is 333 g/mol. The van der Waals surface area contributed by atoms with E-state index in [1.165, 1.54) is 5.56 Å². The quantitative estimate of drug-likeness (QED) is 0.738. The predicted octanol–water partition coefficient (Wildman–Crippen LogP) is 3.39. The van der Waals surface area contributed by atoms with Crippen LogP contribution in [0.1, 0.15) is 21.7 Å². The largest absolute Gasteiger partial charge is 0.497 e. The zero-order valence-electron chi connectivity index (χ0n) is 14.3. The van der Waals surface area contributed by atoms with E-state index in [9.17, 15) is 4.79 Å². The van der Waals surface area contributed by atoms with Crippen LogP contribution in [-0.4, -0.2) is 29.3 Å². The van der Waals surface area contributed by atoms with Crippen LogP contribution >= 0.6 is 0 Å². The number of fused-ring (bicyclic) bond motifs is 1. The van der Waals surface area contributed by atoms with Crippen molar-refractivity contribution in [2.75, 3.05) is 18.6 Å². The summed E-state index contributed by atoms with van der Waals surface area (Å²) in [6.07, 6.45) is 0.886. The number of carbonyl (C=O) groups excluding carboxylic acids is 1. The van der Waals surface area contributed by atoms with Gasteiger partial charge >= 0.3 is 0 Å². The molecule has 5 heteroatoms. The van der Waals surface area contributed by atoms with Crippen LogP contribution < -0.4 is 9.64 Å². The number of rotatable bonds is 3. The van der Waals surface area contributed by atoms with E-state index >= 15 is 0 Å². The Bertz CT molecular complexity index is 946. The Morgan fingerprint density at radius 3 is 2.80 bits per heavy atom. The Hall–Kier alpha value is -3.08. The van der Waals surface area contributed by atoms with Crippen molar-refractivity contribution in [1.82, 2.24) is 9.78 Å². The highest BCUT2D eigenvalue weighted by Crippen LogP contribution is 2.29. The Balaban J connectivity index is 1.67. The zero-order valence-corrected chi connectivity index (χ0v) is 14.3. The topological polar surface area (TPSA) is 47.4 Å². The standard InChI is InChI=1S/C20H19N3O2/c1-14-12-18(21-23(14)16-7-5-8-17(13-16)25-2)20(24)22-11-10-15-6-3-4-9-19(15)22/h3-9,12-13H,10-11H2,1-2H3. The molecule has 1 aliphatic rings. The number of anilines is 1. The maximum atomic E-state index is 13.0. The summed E-state index contributed by atoms with van der Waals surface area (Å²) < 4.78 is 7.05. The first kappa shape index (κ1) is 15.4. The van der Waals surface area contributed by atoms with Crippen molar-refractivity contribution in [2.45, 2.75) is 13.3 Å². The molecule has 3 aromatic rings. The normalized spacial score (nSPS) is 13.0. The summed E-state index contributed by atoms with van der Waals surface area (Å²) in [6.45, 7) is 2.64. The van der Waals surface area contributed by atoms with Crippen molar-refractivity contribution in [3.63, 3.8) is 0 Å². The van der Waals surface area contributed by atoms with Crippen molar-refractivity contribution in [1.29, 1.82) is 0 Å². The first-order valence-corrected chi connectivity index (χ1v) is 8.28. The summed E-state index contributed by atoms with van der Waals surface area (Å²) in [5.41, 5.74) is 4.43. The highest BCUT2D eigenvalue weighted by molar-refractivity contribution is 6.06. The van der Waals surface area contributed by atoms with E-state index in [1.807, 2.05) is 60.4 Å². The molecule has 2 heterocycles. The van der Waals surface area contributed by atoms with Crippen LogP contribution in [0.5, 0.6) is 5.75 Å². The fourth-order valence-electron chi connectivity index (χ4n) is 3.27. The molecule has 5 nitrogen and oxygen atoms in total. The van der Waals surface area contributed by atoms with Gasteiger partial charge in [0, 0.05) is 24.0 Å². The van der Waals surface area contributed by atoms with Crippen LogP contribution in [0.3, 0.4) is 0 Å². The molecule has 1 aliphatic heterocycles. The summed E-state index contributed by atoms with van der Waals surface area (Å²) in [5, 5.41) is 4.54. The van der Waals surface area contributed by atoms with Gasteiger partial charge in [0.05, 0.1) is 12.8 Å². The minimum atomic E-state index is -0.0605. The molecule has 2 aromatic carbocycles. The molecule has 0 aliphatic carbocycles. The second-order valence-corrected chi connectivity index (χ2v) is 6.12. The summed E-state index contributed by atoms with van der Waals surface area (Å²) >= 11 is 0. The van der Waals surface area contributed by atoms with Crippen molar-refractivity contribution >= 4 is 11.6 Å². The number of aryl methyl sites for hydroxylation is 1. The fourth-order valence-corrected chi connectivity index (χ4v) is 3.27. The van der Waals surface area contributed by atoms with Gasteiger partial charge in [-0.15, -0.1) is 0 Å². The first-order valence-electron chi connectivity index (χ1n) is 8.28. The van der Waals surface area contributed by atoms with Crippen LogP contribution in [0.4, 0.5) is 5.69 Å². The number of para-hydroxylation sites is 1. The molecule has 0 radical (unpaired) electrons. The van der Waals surface area contributed by atoms with Gasteiger partial charge in [-0.2, -0.15) is 5.10 Å². The molecule has 1 aromatic heterocycles. The summed E-state index contributed by atoms with van der Waals surface area (Å²) in [7, 11) is 1.63. The second-order valence-electron chi connectivity index (χ2n) is 6.12. The fraction of sp³-hybridized carbons (Fsp3) is 0.200. The van der Waals surface area contributed by atoms with Crippen molar-refractivity contribution in [2.24, 2.45) is 0 Å². The number of hydrogen-bond donors (Lipinski definition) is 0. The third-order valence-corrected chi connectivity index (χ3v) is 4.54. The maximum absolute atomic E-state index is 13.0. The van der Waals surface area contributed by atoms with Gasteiger partial charge in [0.1, 0.15) is 5.75 Å². The van der Waals surface area contributed by atoms with Gasteiger partial charge in [-0.3, -0.25) is 4.79 Å². The number of nitrogens with zero attached hydrogens (tertiary/aromatic N) is 3. The molecular weight excluding hydrogens is 314 g/mol. The smallest absolute Gasteiger partial charge is 0.278 e. The van der Waals surface area contributed by atoms with E-state index in [0.717, 1.165) is 29.2 Å². The Morgan fingerprint density at radius 2 is 1.96 bits per heavy atom. The minimum absolute atomic E-state index is 0.0605. The van der Waals surface area contributed by atoms with E-state index < -0.39 is 0 Å². The average Bonchev–Trinajstić information content (AvgIpc) is 3.25. The molecule has 0 N–H and O–H groups in total. The Morgan fingerprint density at radius 1 is 1.12 bits per heavy atom. The number of amides is 1. The molecule has 0 bridgehead atoms. The lowest BCUT2D eigenvalue weighted by atomic mass is 10.2. The molecule has 25 heavy (non-hydrogen) atoms. The number of ether oxygens (including phenoxy) is 1. The van der Waals surface area contributed by atoms with Crippen molar-refractivity contribution in [3.05, 3.63) is 71.5 Å². The van der Waals surface area contributed by atoms with Gasteiger partial charge in [0.2, 0.25) is 0 Å². The second kappa shape index (κ2) is 6.09. The maximum Gasteiger partial charge on any atom is 0.278 e. The van der Waals surface area contributed by atoms with Crippen molar-refractivity contribution in [3.8, 4) is 11.4 Å². The minimum Gasteiger partial charge on any atom is -0.497 e. The Kier molecular flexibility index (Phi) is 3.76. The summed E-state index contributed by atoms with van der Waals surface area (Å²) in [5.74, 6) is 0.698. The molecule has 0 unspecified atom stereocenters. The Labute approximate surface area is 146 Å². The van der Waals surface area contributed by atoms with Crippen molar-refractivity contribution < 1.29 is 9.53 Å². The molecule has 0 atom stereocenters. The van der Waals surface area contributed by atoms with E-state index in [-0.39, 0.29) is 5.91 Å². The van der Waals surface area contributed by atoms with Gasteiger partial charge in [-0.25, -0.2) is 4.68 Å². The van der Waals surface area contributed by atoms with E-state index in [1.54, 1.807) is 11.8 Å². The van der Waals surface area contributed by atoms with Crippen LogP contribution in [0.2, 0.25) is 0 Å². The predicted molar refractivity (Wildman–Crippen MR) is 96.7 cm³/mol.